The van der Waals surface area contributed by atoms with Gasteiger partial charge in [-0.1, -0.05) is 0 Å². The van der Waals surface area contributed by atoms with E-state index in [1.165, 1.54) is 18.1 Å². The van der Waals surface area contributed by atoms with E-state index in [9.17, 15) is 20.1 Å². The van der Waals surface area contributed by atoms with Crippen molar-refractivity contribution in [1.29, 1.82) is 0 Å². The largest absolute Gasteiger partial charge is 0.321 e. The third-order valence-electron chi connectivity index (χ3n) is 4.02. The van der Waals surface area contributed by atoms with Crippen molar-refractivity contribution in [2.45, 2.75) is 45.7 Å². The Balaban J connectivity index is 2.74. The second-order valence-corrected chi connectivity index (χ2v) is 6.28. The highest BCUT2D eigenvalue weighted by molar-refractivity contribution is 5.91. The van der Waals surface area contributed by atoms with Crippen LogP contribution in [0.5, 0.6) is 0 Å². The van der Waals surface area contributed by atoms with Gasteiger partial charge >= 0.3 is 0 Å². The minimum Gasteiger partial charge on any atom is -0.321 e. The average molecular weight is 293 g/mol. The lowest BCUT2D eigenvalue weighted by molar-refractivity contribution is -0.384. The summed E-state index contributed by atoms with van der Waals surface area (Å²) < 4.78 is 0. The lowest BCUT2D eigenvalue weighted by atomic mass is 9.89. The summed E-state index contributed by atoms with van der Waals surface area (Å²) in [5, 5.41) is 25.3. The highest BCUT2D eigenvalue weighted by atomic mass is 16.6. The van der Waals surface area contributed by atoms with E-state index in [2.05, 4.69) is 5.32 Å². The van der Waals surface area contributed by atoms with Gasteiger partial charge in [0.1, 0.15) is 5.69 Å². The molecular formula is C14H19N3O4. The molecule has 1 aliphatic rings. The van der Waals surface area contributed by atoms with Crippen LogP contribution >= 0.6 is 0 Å². The Morgan fingerprint density at radius 2 is 1.71 bits per heavy atom. The number of hydrogen-bond donors (Lipinski definition) is 2. The number of carbonyl (C=O) groups excluding carboxylic acids is 1. The van der Waals surface area contributed by atoms with Crippen molar-refractivity contribution in [2.75, 3.05) is 5.32 Å². The number of benzene rings is 1. The number of nitro groups is 1. The molecule has 0 fully saturated rings. The summed E-state index contributed by atoms with van der Waals surface area (Å²) in [6.07, 6.45) is 0. The number of hydrogen-bond acceptors (Lipinski definition) is 5. The van der Waals surface area contributed by atoms with Crippen molar-refractivity contribution >= 4 is 17.3 Å². The molecule has 114 valence electrons. The number of carbonyl (C=O) groups is 1. The van der Waals surface area contributed by atoms with Gasteiger partial charge in [0.15, 0.2) is 0 Å². The molecular weight excluding hydrogens is 274 g/mol. The predicted octanol–water partition coefficient (Wildman–Crippen LogP) is 2.73. The molecule has 1 aliphatic heterocycles. The lowest BCUT2D eigenvalue weighted by Gasteiger charge is -2.34. The van der Waals surface area contributed by atoms with Crippen LogP contribution in [0.3, 0.4) is 0 Å². The van der Waals surface area contributed by atoms with Crippen molar-refractivity contribution in [2.24, 2.45) is 0 Å². The Morgan fingerprint density at radius 3 is 2.14 bits per heavy atom. The Labute approximate surface area is 122 Å². The number of nitrogens with zero attached hydrogens (tertiary/aromatic N) is 2. The third kappa shape index (κ3) is 2.18. The minimum atomic E-state index is -0.752. The van der Waals surface area contributed by atoms with Crippen LogP contribution in [-0.4, -0.2) is 21.1 Å². The fourth-order valence-corrected chi connectivity index (χ4v) is 2.97. The standard InChI is InChI=1S/C14H19N3O4/c1-8(18)15-11-6-9-10(7-12(11)16(19)20)14(4,5)17(21)13(9,2)3/h6-7,21H,1-5H3,(H,15,18). The first kappa shape index (κ1) is 15.4. The van der Waals surface area contributed by atoms with E-state index in [4.69, 9.17) is 0 Å². The van der Waals surface area contributed by atoms with Gasteiger partial charge in [0.25, 0.3) is 5.69 Å². The van der Waals surface area contributed by atoms with Gasteiger partial charge in [0.05, 0.1) is 16.0 Å². The fourth-order valence-electron chi connectivity index (χ4n) is 2.97. The van der Waals surface area contributed by atoms with E-state index < -0.39 is 16.0 Å². The van der Waals surface area contributed by atoms with Crippen molar-refractivity contribution < 1.29 is 14.9 Å². The highest BCUT2D eigenvalue weighted by Crippen LogP contribution is 2.50. The normalized spacial score (nSPS) is 19.1. The number of fused-ring (bicyclic) bond motifs is 1. The van der Waals surface area contributed by atoms with Crippen molar-refractivity contribution in [3.05, 3.63) is 33.4 Å². The molecule has 0 unspecified atom stereocenters. The van der Waals surface area contributed by atoms with Crippen LogP contribution in [0.1, 0.15) is 45.7 Å². The van der Waals surface area contributed by atoms with E-state index in [0.29, 0.717) is 5.56 Å². The van der Waals surface area contributed by atoms with Crippen LogP contribution in [0.25, 0.3) is 0 Å². The molecule has 0 saturated carbocycles. The summed E-state index contributed by atoms with van der Waals surface area (Å²) in [5.74, 6) is -0.381. The van der Waals surface area contributed by atoms with Gasteiger partial charge in [-0.3, -0.25) is 14.9 Å². The van der Waals surface area contributed by atoms with Gasteiger partial charge in [-0.25, -0.2) is 0 Å². The molecule has 7 nitrogen and oxygen atoms in total. The molecule has 2 rings (SSSR count). The zero-order valence-electron chi connectivity index (χ0n) is 12.7. The van der Waals surface area contributed by atoms with Gasteiger partial charge < -0.3 is 10.5 Å². The minimum absolute atomic E-state index is 0.144. The molecule has 1 aromatic rings. The molecule has 0 spiro atoms. The van der Waals surface area contributed by atoms with Crippen LogP contribution in [-0.2, 0) is 15.9 Å². The number of anilines is 1. The lowest BCUT2D eigenvalue weighted by Crippen LogP contribution is -2.42. The van der Waals surface area contributed by atoms with Gasteiger partial charge in [-0.15, -0.1) is 0 Å². The average Bonchev–Trinajstić information content (AvgIpc) is 2.47. The monoisotopic (exact) mass is 293 g/mol. The van der Waals surface area contributed by atoms with E-state index in [0.717, 1.165) is 5.56 Å². The summed E-state index contributed by atoms with van der Waals surface area (Å²) >= 11 is 0. The van der Waals surface area contributed by atoms with E-state index in [-0.39, 0.29) is 17.3 Å². The van der Waals surface area contributed by atoms with E-state index in [1.54, 1.807) is 19.9 Å². The van der Waals surface area contributed by atoms with Crippen molar-refractivity contribution in [3.63, 3.8) is 0 Å². The molecule has 7 heteroatoms. The maximum atomic E-state index is 11.2. The molecule has 0 radical (unpaired) electrons. The molecule has 0 aromatic heterocycles. The third-order valence-corrected chi connectivity index (χ3v) is 4.02. The van der Waals surface area contributed by atoms with E-state index >= 15 is 0 Å². The molecule has 0 aliphatic carbocycles. The molecule has 2 N–H and O–H groups in total. The first-order chi connectivity index (χ1) is 9.49. The Kier molecular flexibility index (Phi) is 3.30. The molecule has 0 saturated heterocycles. The van der Waals surface area contributed by atoms with Gasteiger partial charge in [0.2, 0.25) is 5.91 Å². The number of hydroxylamine groups is 2. The molecule has 1 amide bonds. The number of amides is 1. The second-order valence-electron chi connectivity index (χ2n) is 6.28. The summed E-state index contributed by atoms with van der Waals surface area (Å²) in [4.78, 5) is 21.9. The molecule has 1 aromatic carbocycles. The number of rotatable bonds is 2. The first-order valence-corrected chi connectivity index (χ1v) is 6.59. The molecule has 0 atom stereocenters. The van der Waals surface area contributed by atoms with Crippen molar-refractivity contribution in [3.8, 4) is 0 Å². The zero-order chi connectivity index (χ0) is 16.2. The summed E-state index contributed by atoms with van der Waals surface area (Å²) in [6, 6.07) is 3.01. The zero-order valence-corrected chi connectivity index (χ0v) is 12.7. The Hall–Kier alpha value is -1.99. The smallest absolute Gasteiger partial charge is 0.293 e. The van der Waals surface area contributed by atoms with Crippen LogP contribution in [0.4, 0.5) is 11.4 Å². The topological polar surface area (TPSA) is 95.7 Å². The second kappa shape index (κ2) is 4.51. The Morgan fingerprint density at radius 1 is 1.24 bits per heavy atom. The van der Waals surface area contributed by atoms with Crippen LogP contribution in [0, 0.1) is 10.1 Å². The maximum Gasteiger partial charge on any atom is 0.293 e. The van der Waals surface area contributed by atoms with Crippen LogP contribution < -0.4 is 5.32 Å². The summed E-state index contributed by atoms with van der Waals surface area (Å²) in [7, 11) is 0. The summed E-state index contributed by atoms with van der Waals surface area (Å²) in [6.45, 7) is 8.53. The SMILES string of the molecule is CC(=O)Nc1cc2c(cc1[N+](=O)[O-])C(C)(C)N(O)C2(C)C. The van der Waals surface area contributed by atoms with Crippen LogP contribution in [0.2, 0.25) is 0 Å². The fraction of sp³-hybridized carbons (Fsp3) is 0.500. The first-order valence-electron chi connectivity index (χ1n) is 6.59. The van der Waals surface area contributed by atoms with Crippen molar-refractivity contribution in [1.82, 2.24) is 5.06 Å². The maximum absolute atomic E-state index is 11.2. The quantitative estimate of drug-likeness (QED) is 0.645. The van der Waals surface area contributed by atoms with Crippen LogP contribution in [0.15, 0.2) is 12.1 Å². The summed E-state index contributed by atoms with van der Waals surface area (Å²) in [5.41, 5.74) is -0.0619. The molecule has 1 heterocycles. The van der Waals surface area contributed by atoms with E-state index in [1.807, 2.05) is 13.8 Å². The van der Waals surface area contributed by atoms with Gasteiger partial charge in [0, 0.05) is 13.0 Å². The highest BCUT2D eigenvalue weighted by Gasteiger charge is 2.50. The Bertz CT molecular complexity index is 637. The molecule has 0 bridgehead atoms. The van der Waals surface area contributed by atoms with Gasteiger partial charge in [-0.2, -0.15) is 5.06 Å². The molecule has 21 heavy (non-hydrogen) atoms. The predicted molar refractivity (Wildman–Crippen MR) is 77.1 cm³/mol. The number of nitro benzene ring substituents is 1. The van der Waals surface area contributed by atoms with Gasteiger partial charge in [-0.05, 0) is 44.9 Å². The number of nitrogens with one attached hydrogen (secondary N) is 1.